The lowest BCUT2D eigenvalue weighted by atomic mass is 9.85. The van der Waals surface area contributed by atoms with Crippen molar-refractivity contribution in [2.75, 3.05) is 0 Å². The largest absolute Gasteiger partial charge is 0.438 e. The van der Waals surface area contributed by atoms with Gasteiger partial charge in [0.25, 0.3) is 0 Å². The molecule has 0 atom stereocenters. The molecule has 0 unspecified atom stereocenters. The molecule has 3 aromatic heterocycles. The van der Waals surface area contributed by atoms with Crippen LogP contribution in [0.15, 0.2) is 83.4 Å². The fourth-order valence-electron chi connectivity index (χ4n) is 5.07. The second-order valence-corrected chi connectivity index (χ2v) is 8.99. The molecule has 32 heavy (non-hydrogen) atoms. The van der Waals surface area contributed by atoms with E-state index in [-0.39, 0.29) is 0 Å². The highest BCUT2D eigenvalue weighted by molar-refractivity contribution is 6.05. The van der Waals surface area contributed by atoms with E-state index in [9.17, 15) is 0 Å². The predicted molar refractivity (Wildman–Crippen MR) is 130 cm³/mol. The maximum atomic E-state index is 6.10. The Morgan fingerprint density at radius 1 is 0.750 bits per heavy atom. The number of furan rings is 1. The highest BCUT2D eigenvalue weighted by atomic mass is 16.3. The topological polar surface area (TPSA) is 38.9 Å². The van der Waals surface area contributed by atoms with Crippen LogP contribution in [-0.4, -0.2) is 9.97 Å². The highest BCUT2D eigenvalue weighted by Crippen LogP contribution is 2.33. The normalized spacial score (nSPS) is 14.9. The van der Waals surface area contributed by atoms with Gasteiger partial charge >= 0.3 is 0 Å². The summed E-state index contributed by atoms with van der Waals surface area (Å²) in [4.78, 5) is 9.46. The third-order valence-electron chi connectivity index (χ3n) is 6.78. The summed E-state index contributed by atoms with van der Waals surface area (Å²) in [5.41, 5.74) is 7.11. The highest BCUT2D eigenvalue weighted by Gasteiger charge is 2.15. The van der Waals surface area contributed by atoms with Crippen molar-refractivity contribution in [3.05, 3.63) is 84.6 Å². The van der Waals surface area contributed by atoms with Gasteiger partial charge in [0.2, 0.25) is 5.71 Å². The predicted octanol–water partition coefficient (Wildman–Crippen LogP) is 7.83. The van der Waals surface area contributed by atoms with Crippen LogP contribution in [0.4, 0.5) is 0 Å². The number of rotatable bonds is 4. The summed E-state index contributed by atoms with van der Waals surface area (Å²) in [5.74, 6) is 0.823. The molecule has 1 fully saturated rings. The van der Waals surface area contributed by atoms with Crippen molar-refractivity contribution in [1.82, 2.24) is 9.97 Å². The Labute approximate surface area is 188 Å². The van der Waals surface area contributed by atoms with Crippen LogP contribution >= 0.6 is 0 Å². The van der Waals surface area contributed by atoms with Gasteiger partial charge in [-0.3, -0.25) is 4.98 Å². The van der Waals surface area contributed by atoms with Gasteiger partial charge < -0.3 is 4.42 Å². The minimum atomic E-state index is 0.678. The Morgan fingerprint density at radius 3 is 2.50 bits per heavy atom. The molecule has 3 heterocycles. The summed E-state index contributed by atoms with van der Waals surface area (Å²) in [6, 6.07) is 25.2. The molecule has 2 aromatic carbocycles. The van der Waals surface area contributed by atoms with E-state index in [0.29, 0.717) is 5.71 Å². The molecule has 1 aliphatic carbocycles. The molecular weight excluding hydrogens is 392 g/mol. The fourth-order valence-corrected chi connectivity index (χ4v) is 5.07. The van der Waals surface area contributed by atoms with E-state index in [1.54, 1.807) is 0 Å². The molecule has 3 heteroatoms. The Kier molecular flexibility index (Phi) is 4.95. The molecule has 0 bridgehead atoms. The van der Waals surface area contributed by atoms with Gasteiger partial charge in [-0.25, -0.2) is 4.98 Å². The Hall–Kier alpha value is -3.46. The molecule has 5 aromatic rings. The third-order valence-corrected chi connectivity index (χ3v) is 6.78. The molecule has 0 radical (unpaired) electrons. The Morgan fingerprint density at radius 2 is 1.62 bits per heavy atom. The third kappa shape index (κ3) is 3.69. The molecule has 0 N–H and O–H groups in total. The summed E-state index contributed by atoms with van der Waals surface area (Å²) >= 11 is 0. The van der Waals surface area contributed by atoms with Gasteiger partial charge in [-0.1, -0.05) is 62.4 Å². The van der Waals surface area contributed by atoms with E-state index in [2.05, 4.69) is 53.5 Å². The van der Waals surface area contributed by atoms with Gasteiger partial charge in [-0.2, -0.15) is 0 Å². The van der Waals surface area contributed by atoms with Crippen LogP contribution in [0, 0.1) is 5.92 Å². The van der Waals surface area contributed by atoms with Crippen molar-refractivity contribution in [2.45, 2.75) is 38.5 Å². The lowest BCUT2D eigenvalue weighted by Crippen LogP contribution is -2.09. The van der Waals surface area contributed by atoms with Gasteiger partial charge in [0, 0.05) is 28.1 Å². The van der Waals surface area contributed by atoms with Crippen molar-refractivity contribution in [3.63, 3.8) is 0 Å². The molecule has 0 spiro atoms. The first kappa shape index (κ1) is 19.2. The van der Waals surface area contributed by atoms with Gasteiger partial charge in [0.1, 0.15) is 5.58 Å². The number of aromatic nitrogens is 2. The quantitative estimate of drug-likeness (QED) is 0.298. The van der Waals surface area contributed by atoms with Crippen molar-refractivity contribution in [2.24, 2.45) is 5.92 Å². The first-order valence-electron chi connectivity index (χ1n) is 11.7. The van der Waals surface area contributed by atoms with E-state index in [1.165, 1.54) is 44.1 Å². The Balaban J connectivity index is 1.35. The van der Waals surface area contributed by atoms with Crippen molar-refractivity contribution in [1.29, 1.82) is 0 Å². The molecule has 3 nitrogen and oxygen atoms in total. The average Bonchev–Trinajstić information content (AvgIpc) is 3.22. The maximum Gasteiger partial charge on any atom is 0.227 e. The van der Waals surface area contributed by atoms with Crippen molar-refractivity contribution in [3.8, 4) is 22.5 Å². The molecular formula is C29H26N2O. The molecule has 158 valence electrons. The smallest absolute Gasteiger partial charge is 0.227 e. The van der Waals surface area contributed by atoms with Gasteiger partial charge in [-0.15, -0.1) is 0 Å². The lowest BCUT2D eigenvalue weighted by Gasteiger charge is -2.21. The summed E-state index contributed by atoms with van der Waals surface area (Å²) in [5, 5.41) is 2.13. The van der Waals surface area contributed by atoms with Crippen LogP contribution in [0.2, 0.25) is 0 Å². The van der Waals surface area contributed by atoms with Crippen LogP contribution in [0.1, 0.15) is 37.7 Å². The van der Waals surface area contributed by atoms with E-state index in [0.717, 1.165) is 44.8 Å². The van der Waals surface area contributed by atoms with Crippen LogP contribution in [0.3, 0.4) is 0 Å². The number of hydrogen-bond acceptors (Lipinski definition) is 3. The van der Waals surface area contributed by atoms with Crippen LogP contribution < -0.4 is 0 Å². The van der Waals surface area contributed by atoms with Crippen LogP contribution in [-0.2, 0) is 6.42 Å². The van der Waals surface area contributed by atoms with E-state index < -0.39 is 0 Å². The first-order chi connectivity index (χ1) is 15.8. The monoisotopic (exact) mass is 418 g/mol. The van der Waals surface area contributed by atoms with E-state index in [4.69, 9.17) is 9.40 Å². The summed E-state index contributed by atoms with van der Waals surface area (Å²) in [6.45, 7) is 0. The summed E-state index contributed by atoms with van der Waals surface area (Å²) in [6.07, 6.45) is 10.0. The molecule has 0 amide bonds. The second kappa shape index (κ2) is 8.23. The van der Waals surface area contributed by atoms with Gasteiger partial charge in [0.05, 0.1) is 11.4 Å². The molecule has 0 saturated heterocycles. The average molecular weight is 419 g/mol. The summed E-state index contributed by atoms with van der Waals surface area (Å²) in [7, 11) is 0. The zero-order chi connectivity index (χ0) is 21.3. The molecule has 6 rings (SSSR count). The number of pyridine rings is 2. The zero-order valence-corrected chi connectivity index (χ0v) is 18.1. The molecule has 0 aliphatic heterocycles. The number of benzene rings is 2. The standard InChI is InChI=1S/C29H26N2O/c1-3-7-20(8-4-1)17-21-15-16-30-27(18-21)23-11-14-28-25(19-23)24-12-13-26(31-29(24)32-28)22-9-5-2-6-10-22/h2,5-6,9-16,18-20H,1,3-4,7-8,17H2. The van der Waals surface area contributed by atoms with Crippen LogP contribution in [0.25, 0.3) is 44.6 Å². The number of fused-ring (bicyclic) bond motifs is 3. The second-order valence-electron chi connectivity index (χ2n) is 8.99. The Bertz CT molecular complexity index is 1380. The van der Waals surface area contributed by atoms with Gasteiger partial charge in [-0.05, 0) is 60.4 Å². The van der Waals surface area contributed by atoms with Gasteiger partial charge in [0.15, 0.2) is 0 Å². The zero-order valence-electron chi connectivity index (χ0n) is 18.1. The first-order valence-corrected chi connectivity index (χ1v) is 11.7. The van der Waals surface area contributed by atoms with E-state index >= 15 is 0 Å². The van der Waals surface area contributed by atoms with E-state index in [1.807, 2.05) is 30.5 Å². The number of nitrogens with zero attached hydrogens (tertiary/aromatic N) is 2. The minimum absolute atomic E-state index is 0.678. The lowest BCUT2D eigenvalue weighted by molar-refractivity contribution is 0.356. The van der Waals surface area contributed by atoms with Crippen LogP contribution in [0.5, 0.6) is 0 Å². The SMILES string of the molecule is c1ccc(-c2ccc3c(n2)oc2ccc(-c4cc(CC5CCCCC5)ccn4)cc23)cc1. The minimum Gasteiger partial charge on any atom is -0.438 e. The number of hydrogen-bond donors (Lipinski definition) is 0. The molecule has 1 saturated carbocycles. The maximum absolute atomic E-state index is 6.10. The summed E-state index contributed by atoms with van der Waals surface area (Å²) < 4.78 is 6.10. The van der Waals surface area contributed by atoms with Crippen molar-refractivity contribution < 1.29 is 4.42 Å². The fraction of sp³-hybridized carbons (Fsp3) is 0.241. The molecule has 1 aliphatic rings. The van der Waals surface area contributed by atoms with Crippen molar-refractivity contribution >= 4 is 22.1 Å².